The number of carbonyl (C=O) groups excluding carboxylic acids is 1. The van der Waals surface area contributed by atoms with Crippen molar-refractivity contribution < 1.29 is 4.79 Å². The molecule has 2 fully saturated rings. The Labute approximate surface area is 79.5 Å². The fourth-order valence-corrected chi connectivity index (χ4v) is 2.37. The SMILES string of the molecule is CC1(C)CCC1N1CCCNC1=O. The van der Waals surface area contributed by atoms with Gasteiger partial charge in [0.25, 0.3) is 0 Å². The monoisotopic (exact) mass is 182 g/mol. The van der Waals surface area contributed by atoms with Crippen LogP contribution in [0.4, 0.5) is 4.79 Å². The second-order valence-electron chi connectivity index (χ2n) is 4.82. The van der Waals surface area contributed by atoms with E-state index in [1.165, 1.54) is 12.8 Å². The van der Waals surface area contributed by atoms with Crippen molar-refractivity contribution in [1.82, 2.24) is 10.2 Å². The van der Waals surface area contributed by atoms with Crippen LogP contribution in [0.2, 0.25) is 0 Å². The summed E-state index contributed by atoms with van der Waals surface area (Å²) in [5.41, 5.74) is 0.342. The Balaban J connectivity index is 2.03. The van der Waals surface area contributed by atoms with E-state index in [4.69, 9.17) is 0 Å². The highest BCUT2D eigenvalue weighted by Gasteiger charge is 2.44. The van der Waals surface area contributed by atoms with Crippen LogP contribution in [0.1, 0.15) is 33.1 Å². The highest BCUT2D eigenvalue weighted by molar-refractivity contribution is 5.75. The van der Waals surface area contributed by atoms with E-state index in [0.29, 0.717) is 11.5 Å². The van der Waals surface area contributed by atoms with Gasteiger partial charge in [0.15, 0.2) is 0 Å². The predicted molar refractivity (Wildman–Crippen MR) is 51.5 cm³/mol. The fraction of sp³-hybridized carbons (Fsp3) is 0.900. The second-order valence-corrected chi connectivity index (χ2v) is 4.82. The van der Waals surface area contributed by atoms with Crippen molar-refractivity contribution in [2.24, 2.45) is 5.41 Å². The van der Waals surface area contributed by atoms with Gasteiger partial charge in [-0.05, 0) is 24.7 Å². The van der Waals surface area contributed by atoms with Gasteiger partial charge in [-0.2, -0.15) is 0 Å². The van der Waals surface area contributed by atoms with Crippen LogP contribution in [0, 0.1) is 5.41 Å². The second kappa shape index (κ2) is 2.89. The third-order valence-electron chi connectivity index (χ3n) is 3.45. The maximum atomic E-state index is 11.5. The van der Waals surface area contributed by atoms with Gasteiger partial charge in [-0.25, -0.2) is 4.79 Å². The molecule has 0 bridgehead atoms. The number of rotatable bonds is 1. The molecule has 0 aromatic rings. The van der Waals surface area contributed by atoms with Crippen molar-refractivity contribution in [1.29, 1.82) is 0 Å². The molecule has 1 heterocycles. The summed E-state index contributed by atoms with van der Waals surface area (Å²) in [7, 11) is 0. The molecule has 2 amide bonds. The van der Waals surface area contributed by atoms with Crippen molar-refractivity contribution in [3.63, 3.8) is 0 Å². The highest BCUT2D eigenvalue weighted by atomic mass is 16.2. The average molecular weight is 182 g/mol. The quantitative estimate of drug-likeness (QED) is 0.656. The lowest BCUT2D eigenvalue weighted by Crippen LogP contribution is -2.59. The average Bonchev–Trinajstić information content (AvgIpc) is 2.07. The Morgan fingerprint density at radius 3 is 2.77 bits per heavy atom. The molecule has 13 heavy (non-hydrogen) atoms. The van der Waals surface area contributed by atoms with Crippen molar-refractivity contribution in [2.75, 3.05) is 13.1 Å². The Hall–Kier alpha value is -0.730. The van der Waals surface area contributed by atoms with Gasteiger partial charge in [0.2, 0.25) is 0 Å². The summed E-state index contributed by atoms with van der Waals surface area (Å²) in [4.78, 5) is 13.6. The van der Waals surface area contributed by atoms with Crippen LogP contribution in [0.15, 0.2) is 0 Å². The van der Waals surface area contributed by atoms with Gasteiger partial charge < -0.3 is 10.2 Å². The van der Waals surface area contributed by atoms with E-state index in [0.717, 1.165) is 19.5 Å². The summed E-state index contributed by atoms with van der Waals surface area (Å²) in [6, 6.07) is 0.622. The molecule has 0 aromatic heterocycles. The number of carbonyl (C=O) groups is 1. The van der Waals surface area contributed by atoms with Crippen LogP contribution in [0.5, 0.6) is 0 Å². The molecule has 3 nitrogen and oxygen atoms in total. The highest BCUT2D eigenvalue weighted by Crippen LogP contribution is 2.43. The summed E-state index contributed by atoms with van der Waals surface area (Å²) in [6.45, 7) is 6.30. The van der Waals surface area contributed by atoms with Gasteiger partial charge in [-0.1, -0.05) is 13.8 Å². The summed E-state index contributed by atoms with van der Waals surface area (Å²) >= 11 is 0. The maximum Gasteiger partial charge on any atom is 0.317 e. The third kappa shape index (κ3) is 1.40. The number of nitrogens with zero attached hydrogens (tertiary/aromatic N) is 1. The molecule has 1 aliphatic carbocycles. The zero-order valence-electron chi connectivity index (χ0n) is 8.47. The van der Waals surface area contributed by atoms with Crippen LogP contribution in [-0.4, -0.2) is 30.1 Å². The van der Waals surface area contributed by atoms with Gasteiger partial charge in [0.1, 0.15) is 0 Å². The molecule has 1 unspecified atom stereocenters. The number of amides is 2. The van der Waals surface area contributed by atoms with Crippen molar-refractivity contribution >= 4 is 6.03 Å². The first-order valence-corrected chi connectivity index (χ1v) is 5.16. The standard InChI is InChI=1S/C10H18N2O/c1-10(2)5-4-8(10)12-7-3-6-11-9(12)13/h8H,3-7H2,1-2H3,(H,11,13). The summed E-state index contributed by atoms with van der Waals surface area (Å²) < 4.78 is 0. The zero-order chi connectivity index (χ0) is 9.47. The Bertz CT molecular complexity index is 225. The maximum absolute atomic E-state index is 11.5. The van der Waals surface area contributed by atoms with E-state index in [1.54, 1.807) is 0 Å². The van der Waals surface area contributed by atoms with Crippen LogP contribution in [0.25, 0.3) is 0 Å². The van der Waals surface area contributed by atoms with E-state index in [2.05, 4.69) is 19.2 Å². The molecular weight excluding hydrogens is 164 g/mol. The van der Waals surface area contributed by atoms with Crippen molar-refractivity contribution in [3.8, 4) is 0 Å². The number of nitrogens with one attached hydrogen (secondary N) is 1. The minimum Gasteiger partial charge on any atom is -0.338 e. The number of hydrogen-bond acceptors (Lipinski definition) is 1. The van der Waals surface area contributed by atoms with Crippen LogP contribution in [-0.2, 0) is 0 Å². The molecule has 1 atom stereocenters. The third-order valence-corrected chi connectivity index (χ3v) is 3.45. The lowest BCUT2D eigenvalue weighted by atomic mass is 9.66. The largest absolute Gasteiger partial charge is 0.338 e. The molecule has 0 aromatic carbocycles. The number of urea groups is 1. The molecule has 1 saturated heterocycles. The molecule has 1 saturated carbocycles. The van der Waals surface area contributed by atoms with E-state index in [-0.39, 0.29) is 6.03 Å². The first kappa shape index (κ1) is 8.85. The zero-order valence-corrected chi connectivity index (χ0v) is 8.47. The summed E-state index contributed by atoms with van der Waals surface area (Å²) in [5, 5.41) is 2.91. The van der Waals surface area contributed by atoms with Crippen LogP contribution >= 0.6 is 0 Å². The topological polar surface area (TPSA) is 32.3 Å². The molecule has 0 radical (unpaired) electrons. The fourth-order valence-electron chi connectivity index (χ4n) is 2.37. The van der Waals surface area contributed by atoms with Gasteiger partial charge in [0, 0.05) is 19.1 Å². The predicted octanol–water partition coefficient (Wildman–Crippen LogP) is 1.59. The van der Waals surface area contributed by atoms with E-state index < -0.39 is 0 Å². The molecular formula is C10H18N2O. The van der Waals surface area contributed by atoms with Gasteiger partial charge in [-0.3, -0.25) is 0 Å². The lowest BCUT2D eigenvalue weighted by Gasteiger charge is -2.51. The number of hydrogen-bond donors (Lipinski definition) is 1. The molecule has 1 aliphatic heterocycles. The summed E-state index contributed by atoms with van der Waals surface area (Å²) in [6.07, 6.45) is 3.53. The Morgan fingerprint density at radius 2 is 2.31 bits per heavy atom. The molecule has 0 spiro atoms. The molecule has 3 heteroatoms. The Morgan fingerprint density at radius 1 is 1.54 bits per heavy atom. The molecule has 1 N–H and O–H groups in total. The molecule has 2 aliphatic rings. The molecule has 74 valence electrons. The Kier molecular flexibility index (Phi) is 1.97. The van der Waals surface area contributed by atoms with Gasteiger partial charge in [-0.15, -0.1) is 0 Å². The van der Waals surface area contributed by atoms with E-state index >= 15 is 0 Å². The van der Waals surface area contributed by atoms with E-state index in [1.807, 2.05) is 4.90 Å². The van der Waals surface area contributed by atoms with Gasteiger partial charge in [0.05, 0.1) is 0 Å². The lowest BCUT2D eigenvalue weighted by molar-refractivity contribution is 0.0177. The minimum absolute atomic E-state index is 0.143. The smallest absolute Gasteiger partial charge is 0.317 e. The molecule has 2 rings (SSSR count). The first-order chi connectivity index (χ1) is 6.11. The van der Waals surface area contributed by atoms with E-state index in [9.17, 15) is 4.79 Å². The van der Waals surface area contributed by atoms with Crippen LogP contribution < -0.4 is 5.32 Å². The van der Waals surface area contributed by atoms with Crippen molar-refractivity contribution in [3.05, 3.63) is 0 Å². The normalized spacial score (nSPS) is 32.3. The van der Waals surface area contributed by atoms with Gasteiger partial charge >= 0.3 is 6.03 Å². The summed E-state index contributed by atoms with van der Waals surface area (Å²) in [5.74, 6) is 0. The van der Waals surface area contributed by atoms with Crippen molar-refractivity contribution in [2.45, 2.75) is 39.2 Å². The minimum atomic E-state index is 0.143. The first-order valence-electron chi connectivity index (χ1n) is 5.16. The van der Waals surface area contributed by atoms with Crippen LogP contribution in [0.3, 0.4) is 0 Å².